The van der Waals surface area contributed by atoms with Gasteiger partial charge in [0.1, 0.15) is 5.82 Å². The average Bonchev–Trinajstić information content (AvgIpc) is 2.64. The molecule has 2 rings (SSSR count). The lowest BCUT2D eigenvalue weighted by molar-refractivity contribution is 0.583. The Bertz CT molecular complexity index is 390. The van der Waals surface area contributed by atoms with E-state index in [4.69, 9.17) is 0 Å². The van der Waals surface area contributed by atoms with Crippen molar-refractivity contribution in [2.75, 3.05) is 25.0 Å². The van der Waals surface area contributed by atoms with Crippen molar-refractivity contribution in [3.63, 3.8) is 0 Å². The molecule has 1 heterocycles. The Balaban J connectivity index is 2.27. The zero-order chi connectivity index (χ0) is 12.4. The Morgan fingerprint density at radius 2 is 2.24 bits per heavy atom. The van der Waals surface area contributed by atoms with Crippen LogP contribution >= 0.6 is 0 Å². The fraction of sp³-hybridized carbons (Fsp3) is 0.571. The fourth-order valence-corrected chi connectivity index (χ4v) is 2.60. The van der Waals surface area contributed by atoms with Crippen molar-refractivity contribution in [2.45, 2.75) is 32.2 Å². The van der Waals surface area contributed by atoms with E-state index in [9.17, 15) is 4.39 Å². The van der Waals surface area contributed by atoms with E-state index in [1.807, 2.05) is 13.1 Å². The molecule has 1 aliphatic heterocycles. The number of nitrogens with one attached hydrogen (secondary N) is 1. The second-order valence-corrected chi connectivity index (χ2v) is 5.04. The van der Waals surface area contributed by atoms with Crippen LogP contribution < -0.4 is 10.2 Å². The normalized spacial score (nSPS) is 18.9. The Kier molecular flexibility index (Phi) is 3.67. The minimum atomic E-state index is -0.121. The monoisotopic (exact) mass is 236 g/mol. The van der Waals surface area contributed by atoms with Crippen LogP contribution in [0.25, 0.3) is 0 Å². The molecule has 1 atom stereocenters. The molecule has 0 aromatic heterocycles. The van der Waals surface area contributed by atoms with Crippen LogP contribution in [-0.2, 0) is 0 Å². The van der Waals surface area contributed by atoms with Gasteiger partial charge in [-0.15, -0.1) is 0 Å². The minimum absolute atomic E-state index is 0.121. The lowest BCUT2D eigenvalue weighted by Gasteiger charge is -2.24. The van der Waals surface area contributed by atoms with Crippen LogP contribution in [0.4, 0.5) is 10.1 Å². The SMILES string of the molecule is CNCCC1CN(C(C)C)c2ccc(F)cc21. The number of halogens is 1. The first-order valence-corrected chi connectivity index (χ1v) is 6.34. The maximum absolute atomic E-state index is 13.4. The molecule has 94 valence electrons. The molecule has 1 unspecified atom stereocenters. The van der Waals surface area contributed by atoms with Gasteiger partial charge in [-0.25, -0.2) is 4.39 Å². The first-order valence-electron chi connectivity index (χ1n) is 6.34. The van der Waals surface area contributed by atoms with Crippen LogP contribution in [0.15, 0.2) is 18.2 Å². The second-order valence-electron chi connectivity index (χ2n) is 5.04. The van der Waals surface area contributed by atoms with Crippen LogP contribution in [0.5, 0.6) is 0 Å². The van der Waals surface area contributed by atoms with Crippen LogP contribution in [-0.4, -0.2) is 26.2 Å². The number of rotatable bonds is 4. The highest BCUT2D eigenvalue weighted by Gasteiger charge is 2.29. The number of hydrogen-bond donors (Lipinski definition) is 1. The third-order valence-corrected chi connectivity index (χ3v) is 3.52. The molecular formula is C14H21FN2. The number of hydrogen-bond acceptors (Lipinski definition) is 2. The zero-order valence-electron chi connectivity index (χ0n) is 10.8. The molecule has 0 saturated carbocycles. The van der Waals surface area contributed by atoms with Crippen molar-refractivity contribution in [2.24, 2.45) is 0 Å². The van der Waals surface area contributed by atoms with E-state index in [-0.39, 0.29) is 5.82 Å². The summed E-state index contributed by atoms with van der Waals surface area (Å²) in [6, 6.07) is 5.66. The molecule has 0 amide bonds. The highest BCUT2D eigenvalue weighted by Crippen LogP contribution is 2.39. The molecule has 0 saturated heterocycles. The van der Waals surface area contributed by atoms with Crippen molar-refractivity contribution >= 4 is 5.69 Å². The summed E-state index contributed by atoms with van der Waals surface area (Å²) >= 11 is 0. The van der Waals surface area contributed by atoms with Gasteiger partial charge in [0.2, 0.25) is 0 Å². The molecule has 0 fully saturated rings. The summed E-state index contributed by atoms with van der Waals surface area (Å²) in [7, 11) is 1.96. The maximum Gasteiger partial charge on any atom is 0.123 e. The summed E-state index contributed by atoms with van der Waals surface area (Å²) in [5.74, 6) is 0.333. The third kappa shape index (κ3) is 2.44. The molecule has 3 heteroatoms. The van der Waals surface area contributed by atoms with Gasteiger partial charge in [0, 0.05) is 24.2 Å². The van der Waals surface area contributed by atoms with Gasteiger partial charge in [-0.2, -0.15) is 0 Å². The summed E-state index contributed by atoms with van der Waals surface area (Å²) in [5.41, 5.74) is 2.39. The molecule has 17 heavy (non-hydrogen) atoms. The topological polar surface area (TPSA) is 15.3 Å². The fourth-order valence-electron chi connectivity index (χ4n) is 2.60. The van der Waals surface area contributed by atoms with Crippen molar-refractivity contribution in [1.82, 2.24) is 5.32 Å². The van der Waals surface area contributed by atoms with Crippen LogP contribution in [0.2, 0.25) is 0 Å². The molecule has 0 radical (unpaired) electrons. The van der Waals surface area contributed by atoms with Gasteiger partial charge in [0.05, 0.1) is 0 Å². The summed E-state index contributed by atoms with van der Waals surface area (Å²) < 4.78 is 13.4. The second kappa shape index (κ2) is 5.05. The molecule has 0 bridgehead atoms. The van der Waals surface area contributed by atoms with E-state index >= 15 is 0 Å². The molecule has 2 nitrogen and oxygen atoms in total. The van der Waals surface area contributed by atoms with Crippen LogP contribution in [0.3, 0.4) is 0 Å². The molecule has 1 aromatic carbocycles. The third-order valence-electron chi connectivity index (χ3n) is 3.52. The van der Waals surface area contributed by atoms with Crippen molar-refractivity contribution in [1.29, 1.82) is 0 Å². The van der Waals surface area contributed by atoms with Gasteiger partial charge < -0.3 is 10.2 Å². The summed E-state index contributed by atoms with van der Waals surface area (Å²) in [5, 5.41) is 3.17. The van der Waals surface area contributed by atoms with Crippen LogP contribution in [0.1, 0.15) is 31.7 Å². The Labute approximate surface area is 103 Å². The standard InChI is InChI=1S/C14H21FN2/c1-10(2)17-9-11(6-7-16-3)13-8-12(15)4-5-14(13)17/h4-5,8,10-11,16H,6-7,9H2,1-3H3. The molecule has 1 aliphatic rings. The molecule has 0 spiro atoms. The smallest absolute Gasteiger partial charge is 0.123 e. The van der Waals surface area contributed by atoms with E-state index in [1.54, 1.807) is 12.1 Å². The highest BCUT2D eigenvalue weighted by atomic mass is 19.1. The predicted molar refractivity (Wildman–Crippen MR) is 70.2 cm³/mol. The highest BCUT2D eigenvalue weighted by molar-refractivity contribution is 5.60. The summed E-state index contributed by atoms with van der Waals surface area (Å²) in [6.07, 6.45) is 1.07. The van der Waals surface area contributed by atoms with Crippen molar-refractivity contribution in [3.8, 4) is 0 Å². The zero-order valence-corrected chi connectivity index (χ0v) is 10.8. The van der Waals surface area contributed by atoms with Gasteiger partial charge in [-0.3, -0.25) is 0 Å². The van der Waals surface area contributed by atoms with E-state index in [2.05, 4.69) is 24.1 Å². The van der Waals surface area contributed by atoms with Gasteiger partial charge in [-0.1, -0.05) is 0 Å². The first kappa shape index (κ1) is 12.4. The first-order chi connectivity index (χ1) is 8.13. The summed E-state index contributed by atoms with van der Waals surface area (Å²) in [4.78, 5) is 2.37. The number of fused-ring (bicyclic) bond motifs is 1. The van der Waals surface area contributed by atoms with Crippen LogP contribution in [0, 0.1) is 5.82 Å². The largest absolute Gasteiger partial charge is 0.368 e. The quantitative estimate of drug-likeness (QED) is 0.864. The van der Waals surface area contributed by atoms with E-state index < -0.39 is 0 Å². The Morgan fingerprint density at radius 1 is 1.47 bits per heavy atom. The lowest BCUT2D eigenvalue weighted by atomic mass is 9.98. The number of nitrogens with zero attached hydrogens (tertiary/aromatic N) is 1. The van der Waals surface area contributed by atoms with Gasteiger partial charge in [0.15, 0.2) is 0 Å². The molecular weight excluding hydrogens is 215 g/mol. The van der Waals surface area contributed by atoms with Crippen molar-refractivity contribution in [3.05, 3.63) is 29.6 Å². The van der Waals surface area contributed by atoms with Crippen molar-refractivity contribution < 1.29 is 4.39 Å². The Hall–Kier alpha value is -1.09. The van der Waals surface area contributed by atoms with Gasteiger partial charge in [-0.05, 0) is 57.6 Å². The number of anilines is 1. The van der Waals surface area contributed by atoms with E-state index in [0.717, 1.165) is 19.5 Å². The maximum atomic E-state index is 13.4. The van der Waals surface area contributed by atoms with Gasteiger partial charge >= 0.3 is 0 Å². The number of benzene rings is 1. The van der Waals surface area contributed by atoms with E-state index in [0.29, 0.717) is 12.0 Å². The van der Waals surface area contributed by atoms with E-state index in [1.165, 1.54) is 11.3 Å². The molecule has 1 N–H and O–H groups in total. The lowest BCUT2D eigenvalue weighted by Crippen LogP contribution is -2.29. The predicted octanol–water partition coefficient (Wildman–Crippen LogP) is 2.75. The molecule has 0 aliphatic carbocycles. The van der Waals surface area contributed by atoms with Gasteiger partial charge in [0.25, 0.3) is 0 Å². The summed E-state index contributed by atoms with van der Waals surface area (Å²) in [6.45, 7) is 6.37. The average molecular weight is 236 g/mol. The molecule has 1 aromatic rings. The minimum Gasteiger partial charge on any atom is -0.368 e. The Morgan fingerprint density at radius 3 is 2.88 bits per heavy atom.